The summed E-state index contributed by atoms with van der Waals surface area (Å²) in [6.45, 7) is 5.55. The van der Waals surface area contributed by atoms with E-state index in [2.05, 4.69) is 11.9 Å². The highest BCUT2D eigenvalue weighted by atomic mass is 35.5. The van der Waals surface area contributed by atoms with E-state index < -0.39 is 5.38 Å². The quantitative estimate of drug-likeness (QED) is 0.619. The second kappa shape index (κ2) is 6.33. The van der Waals surface area contributed by atoms with E-state index in [0.29, 0.717) is 0 Å². The average Bonchev–Trinajstić information content (AvgIpc) is 2.29. The molecule has 2 atom stereocenters. The van der Waals surface area contributed by atoms with Gasteiger partial charge in [0.2, 0.25) is 5.91 Å². The summed E-state index contributed by atoms with van der Waals surface area (Å²) in [6.07, 6.45) is 2.51. The smallest absolute Gasteiger partial charge is 0.242 e. The van der Waals surface area contributed by atoms with Crippen LogP contribution in [-0.2, 0) is 4.79 Å². The Morgan fingerprint density at radius 1 is 1.50 bits per heavy atom. The summed E-state index contributed by atoms with van der Waals surface area (Å²) >= 11 is 6.06. The second-order valence-electron chi connectivity index (χ2n) is 3.71. The molecule has 0 aromatic heterocycles. The van der Waals surface area contributed by atoms with Crippen LogP contribution in [-0.4, -0.2) is 11.9 Å². The number of nitrogens with one attached hydrogen (secondary N) is 1. The molecule has 1 amide bonds. The lowest BCUT2D eigenvalue weighted by atomic mass is 10.1. The van der Waals surface area contributed by atoms with E-state index in [1.165, 1.54) is 0 Å². The maximum Gasteiger partial charge on any atom is 0.242 e. The fourth-order valence-corrected chi connectivity index (χ4v) is 1.61. The zero-order valence-electron chi connectivity index (χ0n) is 9.32. The van der Waals surface area contributed by atoms with Crippen LogP contribution in [0.1, 0.15) is 24.3 Å². The summed E-state index contributed by atoms with van der Waals surface area (Å²) in [4.78, 5) is 11.8. The van der Waals surface area contributed by atoms with Crippen molar-refractivity contribution in [3.63, 3.8) is 0 Å². The van der Waals surface area contributed by atoms with E-state index in [1.54, 1.807) is 6.08 Å². The second-order valence-corrected chi connectivity index (χ2v) is 4.14. The van der Waals surface area contributed by atoms with Gasteiger partial charge in [0, 0.05) is 6.04 Å². The molecular formula is C13H16ClNO. The highest BCUT2D eigenvalue weighted by Crippen LogP contribution is 2.20. The topological polar surface area (TPSA) is 29.1 Å². The van der Waals surface area contributed by atoms with Crippen molar-refractivity contribution in [3.05, 3.63) is 48.6 Å². The van der Waals surface area contributed by atoms with E-state index in [0.717, 1.165) is 12.0 Å². The van der Waals surface area contributed by atoms with Gasteiger partial charge in [-0.3, -0.25) is 4.79 Å². The number of hydrogen-bond acceptors (Lipinski definition) is 1. The molecule has 1 rings (SSSR count). The number of alkyl halides is 1. The van der Waals surface area contributed by atoms with E-state index in [-0.39, 0.29) is 11.9 Å². The van der Waals surface area contributed by atoms with Crippen molar-refractivity contribution in [1.82, 2.24) is 5.32 Å². The van der Waals surface area contributed by atoms with Crippen molar-refractivity contribution in [3.8, 4) is 0 Å². The van der Waals surface area contributed by atoms with Gasteiger partial charge < -0.3 is 5.32 Å². The molecule has 2 nitrogen and oxygen atoms in total. The maximum atomic E-state index is 11.8. The Kier molecular flexibility index (Phi) is 5.06. The van der Waals surface area contributed by atoms with Crippen LogP contribution < -0.4 is 5.32 Å². The molecule has 3 heteroatoms. The van der Waals surface area contributed by atoms with E-state index >= 15 is 0 Å². The first-order valence-corrected chi connectivity index (χ1v) is 5.69. The maximum absolute atomic E-state index is 11.8. The summed E-state index contributed by atoms with van der Waals surface area (Å²) in [7, 11) is 0. The Hall–Kier alpha value is -1.28. The van der Waals surface area contributed by atoms with Gasteiger partial charge in [-0.1, -0.05) is 36.4 Å². The van der Waals surface area contributed by atoms with Gasteiger partial charge in [-0.05, 0) is 18.9 Å². The lowest BCUT2D eigenvalue weighted by Crippen LogP contribution is -2.34. The Labute approximate surface area is 101 Å². The van der Waals surface area contributed by atoms with Gasteiger partial charge in [-0.2, -0.15) is 0 Å². The molecule has 0 spiro atoms. The largest absolute Gasteiger partial charge is 0.352 e. The third-order valence-electron chi connectivity index (χ3n) is 2.23. The Balaban J connectivity index is 2.58. The molecular weight excluding hydrogens is 222 g/mol. The van der Waals surface area contributed by atoms with E-state index in [4.69, 9.17) is 11.6 Å². The summed E-state index contributed by atoms with van der Waals surface area (Å²) in [5.74, 6) is -0.165. The van der Waals surface area contributed by atoms with Crippen molar-refractivity contribution in [1.29, 1.82) is 0 Å². The normalized spacial score (nSPS) is 13.9. The molecule has 0 heterocycles. The number of benzene rings is 1. The number of carbonyl (C=O) groups is 1. The highest BCUT2D eigenvalue weighted by Gasteiger charge is 2.18. The molecule has 0 saturated heterocycles. The third-order valence-corrected chi connectivity index (χ3v) is 2.68. The fourth-order valence-electron chi connectivity index (χ4n) is 1.40. The monoisotopic (exact) mass is 237 g/mol. The predicted octanol–water partition coefficient (Wildman–Crippen LogP) is 3.05. The van der Waals surface area contributed by atoms with Gasteiger partial charge >= 0.3 is 0 Å². The van der Waals surface area contributed by atoms with Gasteiger partial charge in [0.05, 0.1) is 0 Å². The molecule has 1 aromatic rings. The number of amides is 1. The summed E-state index contributed by atoms with van der Waals surface area (Å²) in [6, 6.07) is 9.38. The lowest BCUT2D eigenvalue weighted by molar-refractivity contribution is -0.121. The van der Waals surface area contributed by atoms with Gasteiger partial charge in [0.1, 0.15) is 5.38 Å². The number of carbonyl (C=O) groups excluding carboxylic acids is 1. The zero-order chi connectivity index (χ0) is 12.0. The molecule has 0 aliphatic carbocycles. The van der Waals surface area contributed by atoms with Crippen LogP contribution in [0.2, 0.25) is 0 Å². The Morgan fingerprint density at radius 2 is 2.12 bits per heavy atom. The minimum absolute atomic E-state index is 0.0648. The summed E-state index contributed by atoms with van der Waals surface area (Å²) in [5.41, 5.74) is 0.812. The molecule has 86 valence electrons. The van der Waals surface area contributed by atoms with E-state index in [1.807, 2.05) is 37.3 Å². The number of halogens is 1. The molecule has 2 unspecified atom stereocenters. The van der Waals surface area contributed by atoms with Gasteiger partial charge in [-0.15, -0.1) is 18.2 Å². The van der Waals surface area contributed by atoms with Crippen LogP contribution in [0, 0.1) is 0 Å². The van der Waals surface area contributed by atoms with Crippen molar-refractivity contribution in [2.45, 2.75) is 24.8 Å². The van der Waals surface area contributed by atoms with Crippen LogP contribution >= 0.6 is 11.6 Å². The first kappa shape index (κ1) is 12.8. The zero-order valence-corrected chi connectivity index (χ0v) is 10.1. The standard InChI is InChI=1S/C13H16ClNO/c1-3-7-10(2)15-13(16)12(14)11-8-5-4-6-9-11/h3-6,8-10,12H,1,7H2,2H3,(H,15,16). The molecule has 0 aliphatic heterocycles. The lowest BCUT2D eigenvalue weighted by Gasteiger charge is -2.15. The minimum atomic E-state index is -0.631. The van der Waals surface area contributed by atoms with Crippen LogP contribution in [0.5, 0.6) is 0 Å². The molecule has 0 bridgehead atoms. The van der Waals surface area contributed by atoms with Crippen molar-refractivity contribution in [2.75, 3.05) is 0 Å². The molecule has 1 aromatic carbocycles. The average molecular weight is 238 g/mol. The molecule has 0 aliphatic rings. The molecule has 0 fully saturated rings. The number of hydrogen-bond donors (Lipinski definition) is 1. The van der Waals surface area contributed by atoms with Gasteiger partial charge in [0.15, 0.2) is 0 Å². The molecule has 0 saturated carbocycles. The van der Waals surface area contributed by atoms with Crippen LogP contribution in [0.4, 0.5) is 0 Å². The first-order chi connectivity index (χ1) is 7.65. The molecule has 1 N–H and O–H groups in total. The summed E-state index contributed by atoms with van der Waals surface area (Å²) < 4.78 is 0. The van der Waals surface area contributed by atoms with Crippen LogP contribution in [0.3, 0.4) is 0 Å². The van der Waals surface area contributed by atoms with Crippen LogP contribution in [0.25, 0.3) is 0 Å². The van der Waals surface area contributed by atoms with Gasteiger partial charge in [-0.25, -0.2) is 0 Å². The highest BCUT2D eigenvalue weighted by molar-refractivity contribution is 6.30. The van der Waals surface area contributed by atoms with Crippen molar-refractivity contribution >= 4 is 17.5 Å². The first-order valence-electron chi connectivity index (χ1n) is 5.25. The Morgan fingerprint density at radius 3 is 2.69 bits per heavy atom. The number of rotatable bonds is 5. The minimum Gasteiger partial charge on any atom is -0.352 e. The Bertz CT molecular complexity index is 350. The van der Waals surface area contributed by atoms with E-state index in [9.17, 15) is 4.79 Å². The van der Waals surface area contributed by atoms with Crippen LogP contribution in [0.15, 0.2) is 43.0 Å². The third kappa shape index (κ3) is 3.70. The fraction of sp³-hybridized carbons (Fsp3) is 0.308. The molecule has 0 radical (unpaired) electrons. The predicted molar refractivity (Wildman–Crippen MR) is 67.5 cm³/mol. The molecule has 16 heavy (non-hydrogen) atoms. The van der Waals surface area contributed by atoms with Gasteiger partial charge in [0.25, 0.3) is 0 Å². The van der Waals surface area contributed by atoms with Crippen molar-refractivity contribution in [2.24, 2.45) is 0 Å². The SMILES string of the molecule is C=CCC(C)NC(=O)C(Cl)c1ccccc1. The van der Waals surface area contributed by atoms with Crippen molar-refractivity contribution < 1.29 is 4.79 Å². The summed E-state index contributed by atoms with van der Waals surface area (Å²) in [5, 5.41) is 2.21.